The van der Waals surface area contributed by atoms with Gasteiger partial charge in [-0.2, -0.15) is 0 Å². The number of hydrogen-bond donors (Lipinski definition) is 1. The molecule has 0 aromatic heterocycles. The summed E-state index contributed by atoms with van der Waals surface area (Å²) in [5.41, 5.74) is 4.59. The van der Waals surface area contributed by atoms with E-state index in [1.165, 1.54) is 24.8 Å². The smallest absolute Gasteiger partial charge is 0.0906 e. The summed E-state index contributed by atoms with van der Waals surface area (Å²) in [6.45, 7) is 1.62. The number of hydrogen-bond acceptors (Lipinski definition) is 2. The van der Waals surface area contributed by atoms with Crippen LogP contribution in [0.3, 0.4) is 0 Å². The summed E-state index contributed by atoms with van der Waals surface area (Å²) in [7, 11) is 2.02. The van der Waals surface area contributed by atoms with Crippen molar-refractivity contribution in [1.29, 1.82) is 0 Å². The number of fused-ring (bicyclic) bond motifs is 1. The minimum atomic E-state index is 0.0949. The molecular formula is C13H17NO. The van der Waals surface area contributed by atoms with Crippen LogP contribution in [0, 0.1) is 0 Å². The average Bonchev–Trinajstić information content (AvgIpc) is 2.64. The Labute approximate surface area is 90.6 Å². The molecule has 1 heterocycles. The summed E-state index contributed by atoms with van der Waals surface area (Å²) >= 11 is 0. The summed E-state index contributed by atoms with van der Waals surface area (Å²) < 4.78 is 5.34. The van der Waals surface area contributed by atoms with Gasteiger partial charge in [-0.15, -0.1) is 0 Å². The van der Waals surface area contributed by atoms with Crippen LogP contribution in [-0.2, 0) is 23.1 Å². The molecule has 2 aliphatic rings. The van der Waals surface area contributed by atoms with E-state index >= 15 is 0 Å². The largest absolute Gasteiger partial charge is 0.377 e. The molecule has 15 heavy (non-hydrogen) atoms. The van der Waals surface area contributed by atoms with Gasteiger partial charge >= 0.3 is 0 Å². The monoisotopic (exact) mass is 203 g/mol. The lowest BCUT2D eigenvalue weighted by Gasteiger charge is -2.42. The van der Waals surface area contributed by atoms with Gasteiger partial charge in [0.15, 0.2) is 0 Å². The number of aryl methyl sites for hydroxylation is 2. The van der Waals surface area contributed by atoms with Gasteiger partial charge in [-0.25, -0.2) is 0 Å². The van der Waals surface area contributed by atoms with Crippen molar-refractivity contribution in [3.8, 4) is 0 Å². The fourth-order valence-corrected chi connectivity index (χ4v) is 2.63. The Morgan fingerprint density at radius 3 is 2.67 bits per heavy atom. The quantitative estimate of drug-likeness (QED) is 0.788. The van der Waals surface area contributed by atoms with E-state index in [1.54, 1.807) is 11.1 Å². The Hall–Kier alpha value is -0.860. The second kappa shape index (κ2) is 3.32. The van der Waals surface area contributed by atoms with E-state index in [-0.39, 0.29) is 5.54 Å². The molecule has 1 aliphatic carbocycles. The summed E-state index contributed by atoms with van der Waals surface area (Å²) in [6.07, 6.45) is 3.84. The van der Waals surface area contributed by atoms with Gasteiger partial charge in [0.2, 0.25) is 0 Å². The molecule has 2 heteroatoms. The third kappa shape index (κ3) is 1.32. The molecule has 3 rings (SSSR count). The maximum Gasteiger partial charge on any atom is 0.0906 e. The third-order valence-electron chi connectivity index (χ3n) is 3.83. The second-order valence-electron chi connectivity index (χ2n) is 4.66. The summed E-state index contributed by atoms with van der Waals surface area (Å²) in [4.78, 5) is 0. The van der Waals surface area contributed by atoms with Crippen LogP contribution in [0.25, 0.3) is 0 Å². The van der Waals surface area contributed by atoms with E-state index in [9.17, 15) is 0 Å². The first-order valence-corrected chi connectivity index (χ1v) is 5.73. The first-order chi connectivity index (χ1) is 7.34. The van der Waals surface area contributed by atoms with Crippen molar-refractivity contribution < 1.29 is 4.74 Å². The molecule has 0 unspecified atom stereocenters. The fourth-order valence-electron chi connectivity index (χ4n) is 2.63. The highest BCUT2D eigenvalue weighted by Crippen LogP contribution is 2.32. The predicted octanol–water partition coefficient (Wildman–Crippen LogP) is 1.62. The lowest BCUT2D eigenvalue weighted by Crippen LogP contribution is -2.56. The molecule has 1 aliphatic heterocycles. The zero-order valence-electron chi connectivity index (χ0n) is 9.18. The number of nitrogens with one attached hydrogen (secondary N) is 1. The minimum absolute atomic E-state index is 0.0949. The molecule has 0 radical (unpaired) electrons. The van der Waals surface area contributed by atoms with Gasteiger partial charge in [0, 0.05) is 0 Å². The molecule has 0 atom stereocenters. The number of rotatable bonds is 2. The van der Waals surface area contributed by atoms with E-state index in [1.807, 2.05) is 7.05 Å². The molecular weight excluding hydrogens is 186 g/mol. The van der Waals surface area contributed by atoms with E-state index in [0.29, 0.717) is 0 Å². The molecule has 80 valence electrons. The summed E-state index contributed by atoms with van der Waals surface area (Å²) in [5.74, 6) is 0. The maximum absolute atomic E-state index is 5.34. The first kappa shape index (κ1) is 9.37. The van der Waals surface area contributed by atoms with Gasteiger partial charge in [-0.3, -0.25) is 0 Å². The van der Waals surface area contributed by atoms with Crippen molar-refractivity contribution in [2.24, 2.45) is 0 Å². The highest BCUT2D eigenvalue weighted by Gasteiger charge is 2.39. The minimum Gasteiger partial charge on any atom is -0.377 e. The molecule has 1 N–H and O–H groups in total. The normalized spacial score (nSPS) is 22.2. The Kier molecular flexibility index (Phi) is 2.08. The molecule has 0 amide bonds. The predicted molar refractivity (Wildman–Crippen MR) is 60.0 cm³/mol. The molecule has 0 bridgehead atoms. The van der Waals surface area contributed by atoms with Crippen LogP contribution in [0.4, 0.5) is 0 Å². The molecule has 0 saturated carbocycles. The maximum atomic E-state index is 5.34. The number of likely N-dealkylation sites (N-methyl/N-ethyl adjacent to an activating group) is 1. The van der Waals surface area contributed by atoms with Gasteiger partial charge in [0.1, 0.15) is 0 Å². The fraction of sp³-hybridized carbons (Fsp3) is 0.538. The van der Waals surface area contributed by atoms with Crippen molar-refractivity contribution in [2.45, 2.75) is 24.8 Å². The molecule has 1 saturated heterocycles. The Morgan fingerprint density at radius 2 is 2.00 bits per heavy atom. The van der Waals surface area contributed by atoms with Crippen molar-refractivity contribution in [1.82, 2.24) is 5.32 Å². The Balaban J connectivity index is 1.98. The van der Waals surface area contributed by atoms with Crippen molar-refractivity contribution in [2.75, 3.05) is 20.3 Å². The second-order valence-corrected chi connectivity index (χ2v) is 4.66. The summed E-state index contributed by atoms with van der Waals surface area (Å²) in [5, 5.41) is 3.40. The molecule has 0 spiro atoms. The molecule has 1 aromatic rings. The van der Waals surface area contributed by atoms with Gasteiger partial charge < -0.3 is 10.1 Å². The van der Waals surface area contributed by atoms with Crippen LogP contribution >= 0.6 is 0 Å². The van der Waals surface area contributed by atoms with Crippen molar-refractivity contribution >= 4 is 0 Å². The van der Waals surface area contributed by atoms with Gasteiger partial charge in [0.05, 0.1) is 18.8 Å². The van der Waals surface area contributed by atoms with Crippen molar-refractivity contribution in [3.63, 3.8) is 0 Å². The van der Waals surface area contributed by atoms with Gasteiger partial charge in [-0.05, 0) is 43.0 Å². The van der Waals surface area contributed by atoms with Crippen LogP contribution in [-0.4, -0.2) is 20.3 Å². The van der Waals surface area contributed by atoms with Crippen LogP contribution in [0.2, 0.25) is 0 Å². The first-order valence-electron chi connectivity index (χ1n) is 5.73. The van der Waals surface area contributed by atoms with Crippen LogP contribution in [0.15, 0.2) is 18.2 Å². The van der Waals surface area contributed by atoms with E-state index < -0.39 is 0 Å². The topological polar surface area (TPSA) is 21.3 Å². The Bertz CT molecular complexity index is 377. The van der Waals surface area contributed by atoms with Crippen LogP contribution in [0.5, 0.6) is 0 Å². The number of benzene rings is 1. The highest BCUT2D eigenvalue weighted by molar-refractivity contribution is 5.39. The summed E-state index contributed by atoms with van der Waals surface area (Å²) in [6, 6.07) is 6.94. The zero-order chi connectivity index (χ0) is 10.3. The van der Waals surface area contributed by atoms with Crippen LogP contribution < -0.4 is 5.32 Å². The van der Waals surface area contributed by atoms with E-state index in [0.717, 1.165) is 13.2 Å². The van der Waals surface area contributed by atoms with Crippen molar-refractivity contribution in [3.05, 3.63) is 34.9 Å². The highest BCUT2D eigenvalue weighted by atomic mass is 16.5. The SMILES string of the molecule is CNC1(c2ccc3c(c2)CCC3)COC1. The molecule has 2 nitrogen and oxygen atoms in total. The Morgan fingerprint density at radius 1 is 1.20 bits per heavy atom. The molecule has 1 aromatic carbocycles. The lowest BCUT2D eigenvalue weighted by atomic mass is 9.86. The van der Waals surface area contributed by atoms with Gasteiger partial charge in [-0.1, -0.05) is 18.2 Å². The lowest BCUT2D eigenvalue weighted by molar-refractivity contribution is -0.0748. The third-order valence-corrected chi connectivity index (χ3v) is 3.83. The molecule has 1 fully saturated rings. The standard InChI is InChI=1S/C13H17NO/c1-14-13(8-15-9-13)12-6-5-10-3-2-4-11(10)7-12/h5-7,14H,2-4,8-9H2,1H3. The average molecular weight is 203 g/mol. The van der Waals surface area contributed by atoms with E-state index in [2.05, 4.69) is 23.5 Å². The van der Waals surface area contributed by atoms with Gasteiger partial charge in [0.25, 0.3) is 0 Å². The van der Waals surface area contributed by atoms with E-state index in [4.69, 9.17) is 4.74 Å². The number of ether oxygens (including phenoxy) is 1. The zero-order valence-corrected chi connectivity index (χ0v) is 9.18. The van der Waals surface area contributed by atoms with Crippen LogP contribution in [0.1, 0.15) is 23.1 Å².